The van der Waals surface area contributed by atoms with E-state index in [1.807, 2.05) is 25.1 Å². The standard InChI is InChI=1S/C15H15FO2/c1-11-5-6-15(13(7-11)9-17)18-10-12-3-2-4-14(16)8-12/h2-8,17H,9-10H2,1H3. The summed E-state index contributed by atoms with van der Waals surface area (Å²) in [4.78, 5) is 0. The molecule has 0 aliphatic heterocycles. The van der Waals surface area contributed by atoms with Crippen LogP contribution in [0.5, 0.6) is 5.75 Å². The van der Waals surface area contributed by atoms with Crippen LogP contribution in [0.1, 0.15) is 16.7 Å². The van der Waals surface area contributed by atoms with Crippen LogP contribution in [0.25, 0.3) is 0 Å². The Labute approximate surface area is 106 Å². The van der Waals surface area contributed by atoms with E-state index >= 15 is 0 Å². The number of aryl methyl sites for hydroxylation is 1. The largest absolute Gasteiger partial charge is 0.489 e. The van der Waals surface area contributed by atoms with Crippen molar-refractivity contribution in [2.75, 3.05) is 0 Å². The number of halogens is 1. The van der Waals surface area contributed by atoms with Crippen molar-refractivity contribution in [3.8, 4) is 5.75 Å². The molecule has 0 aliphatic carbocycles. The molecular formula is C15H15FO2. The second kappa shape index (κ2) is 5.65. The highest BCUT2D eigenvalue weighted by molar-refractivity contribution is 5.36. The third-order valence-electron chi connectivity index (χ3n) is 2.67. The smallest absolute Gasteiger partial charge is 0.125 e. The molecule has 0 saturated heterocycles. The van der Waals surface area contributed by atoms with Crippen molar-refractivity contribution in [1.29, 1.82) is 0 Å². The number of ether oxygens (including phenoxy) is 1. The lowest BCUT2D eigenvalue weighted by Crippen LogP contribution is -1.99. The van der Waals surface area contributed by atoms with Crippen molar-refractivity contribution in [1.82, 2.24) is 0 Å². The lowest BCUT2D eigenvalue weighted by Gasteiger charge is -2.11. The zero-order chi connectivity index (χ0) is 13.0. The van der Waals surface area contributed by atoms with Crippen LogP contribution in [-0.4, -0.2) is 5.11 Å². The topological polar surface area (TPSA) is 29.5 Å². The maximum absolute atomic E-state index is 13.0. The fraction of sp³-hybridized carbons (Fsp3) is 0.200. The van der Waals surface area contributed by atoms with E-state index in [0.717, 1.165) is 16.7 Å². The summed E-state index contributed by atoms with van der Waals surface area (Å²) >= 11 is 0. The molecule has 1 N–H and O–H groups in total. The molecule has 18 heavy (non-hydrogen) atoms. The third kappa shape index (κ3) is 3.08. The minimum absolute atomic E-state index is 0.0693. The first kappa shape index (κ1) is 12.6. The number of benzene rings is 2. The number of aliphatic hydroxyl groups is 1. The molecule has 2 rings (SSSR count). The Hall–Kier alpha value is -1.87. The second-order valence-electron chi connectivity index (χ2n) is 4.19. The van der Waals surface area contributed by atoms with E-state index in [-0.39, 0.29) is 19.0 Å². The maximum atomic E-state index is 13.0. The van der Waals surface area contributed by atoms with Gasteiger partial charge in [0.25, 0.3) is 0 Å². The van der Waals surface area contributed by atoms with Gasteiger partial charge < -0.3 is 9.84 Å². The summed E-state index contributed by atoms with van der Waals surface area (Å²) in [6.45, 7) is 2.17. The zero-order valence-corrected chi connectivity index (χ0v) is 10.2. The Morgan fingerprint density at radius 3 is 2.72 bits per heavy atom. The van der Waals surface area contributed by atoms with Crippen LogP contribution in [0.4, 0.5) is 4.39 Å². The summed E-state index contributed by atoms with van der Waals surface area (Å²) in [5.74, 6) is 0.356. The monoisotopic (exact) mass is 246 g/mol. The van der Waals surface area contributed by atoms with E-state index in [9.17, 15) is 9.50 Å². The van der Waals surface area contributed by atoms with Crippen molar-refractivity contribution >= 4 is 0 Å². The van der Waals surface area contributed by atoms with Crippen LogP contribution >= 0.6 is 0 Å². The first-order valence-electron chi connectivity index (χ1n) is 5.76. The van der Waals surface area contributed by atoms with E-state index < -0.39 is 0 Å². The Morgan fingerprint density at radius 2 is 2.00 bits per heavy atom. The van der Waals surface area contributed by atoms with Gasteiger partial charge in [-0.2, -0.15) is 0 Å². The average Bonchev–Trinajstić information content (AvgIpc) is 2.37. The van der Waals surface area contributed by atoms with Gasteiger partial charge in [-0.05, 0) is 30.7 Å². The highest BCUT2D eigenvalue weighted by Gasteiger charge is 2.04. The minimum atomic E-state index is -0.276. The van der Waals surface area contributed by atoms with Crippen LogP contribution in [0.3, 0.4) is 0 Å². The second-order valence-corrected chi connectivity index (χ2v) is 4.19. The van der Waals surface area contributed by atoms with E-state index in [4.69, 9.17) is 4.74 Å². The van der Waals surface area contributed by atoms with Gasteiger partial charge >= 0.3 is 0 Å². The molecule has 2 aromatic rings. The molecule has 0 aliphatic rings. The maximum Gasteiger partial charge on any atom is 0.125 e. The van der Waals surface area contributed by atoms with Crippen LogP contribution in [-0.2, 0) is 13.2 Å². The predicted molar refractivity (Wildman–Crippen MR) is 67.8 cm³/mol. The number of aliphatic hydroxyl groups excluding tert-OH is 1. The molecule has 0 spiro atoms. The third-order valence-corrected chi connectivity index (χ3v) is 2.67. The van der Waals surface area contributed by atoms with Gasteiger partial charge in [-0.15, -0.1) is 0 Å². The molecule has 0 bridgehead atoms. The molecule has 94 valence electrons. The van der Waals surface area contributed by atoms with Gasteiger partial charge in [0.15, 0.2) is 0 Å². The highest BCUT2D eigenvalue weighted by Crippen LogP contribution is 2.21. The summed E-state index contributed by atoms with van der Waals surface area (Å²) in [5.41, 5.74) is 2.57. The minimum Gasteiger partial charge on any atom is -0.489 e. The average molecular weight is 246 g/mol. The molecule has 2 nitrogen and oxygen atoms in total. The molecular weight excluding hydrogens is 231 g/mol. The fourth-order valence-corrected chi connectivity index (χ4v) is 1.76. The Morgan fingerprint density at radius 1 is 1.17 bits per heavy atom. The molecule has 0 radical (unpaired) electrons. The van der Waals surface area contributed by atoms with E-state index in [1.165, 1.54) is 12.1 Å². The molecule has 0 unspecified atom stereocenters. The van der Waals surface area contributed by atoms with Gasteiger partial charge in [0.1, 0.15) is 18.2 Å². The van der Waals surface area contributed by atoms with Gasteiger partial charge in [0.2, 0.25) is 0 Å². The summed E-state index contributed by atoms with van der Waals surface area (Å²) in [5, 5.41) is 9.24. The van der Waals surface area contributed by atoms with Crippen molar-refractivity contribution in [3.05, 3.63) is 65.0 Å². The summed E-state index contributed by atoms with van der Waals surface area (Å²) < 4.78 is 18.6. The van der Waals surface area contributed by atoms with Crippen LogP contribution in [0, 0.1) is 12.7 Å². The quantitative estimate of drug-likeness (QED) is 0.897. The van der Waals surface area contributed by atoms with E-state index in [2.05, 4.69) is 0 Å². The van der Waals surface area contributed by atoms with Gasteiger partial charge in [0, 0.05) is 5.56 Å². The van der Waals surface area contributed by atoms with Crippen molar-refractivity contribution in [2.45, 2.75) is 20.1 Å². The molecule has 0 amide bonds. The van der Waals surface area contributed by atoms with Gasteiger partial charge in [-0.1, -0.05) is 29.8 Å². The lowest BCUT2D eigenvalue weighted by molar-refractivity contribution is 0.258. The molecule has 0 saturated carbocycles. The number of hydrogen-bond acceptors (Lipinski definition) is 2. The zero-order valence-electron chi connectivity index (χ0n) is 10.2. The summed E-state index contributed by atoms with van der Waals surface area (Å²) in [6.07, 6.45) is 0. The molecule has 0 heterocycles. The van der Waals surface area contributed by atoms with Crippen molar-refractivity contribution in [2.24, 2.45) is 0 Å². The van der Waals surface area contributed by atoms with E-state index in [1.54, 1.807) is 12.1 Å². The highest BCUT2D eigenvalue weighted by atomic mass is 19.1. The Bertz CT molecular complexity index is 538. The molecule has 2 aromatic carbocycles. The van der Waals surface area contributed by atoms with E-state index in [0.29, 0.717) is 5.75 Å². The van der Waals surface area contributed by atoms with Crippen molar-refractivity contribution in [3.63, 3.8) is 0 Å². The molecule has 0 aromatic heterocycles. The molecule has 3 heteroatoms. The number of rotatable bonds is 4. The van der Waals surface area contributed by atoms with Gasteiger partial charge in [0.05, 0.1) is 6.61 Å². The van der Waals surface area contributed by atoms with Crippen molar-refractivity contribution < 1.29 is 14.2 Å². The first-order valence-corrected chi connectivity index (χ1v) is 5.76. The fourth-order valence-electron chi connectivity index (χ4n) is 1.76. The Kier molecular flexibility index (Phi) is 3.95. The van der Waals surface area contributed by atoms with Crippen LogP contribution < -0.4 is 4.74 Å². The number of hydrogen-bond donors (Lipinski definition) is 1. The first-order chi connectivity index (χ1) is 8.69. The van der Waals surface area contributed by atoms with Gasteiger partial charge in [-0.25, -0.2) is 4.39 Å². The van der Waals surface area contributed by atoms with Gasteiger partial charge in [-0.3, -0.25) is 0 Å². The predicted octanol–water partition coefficient (Wildman–Crippen LogP) is 3.21. The SMILES string of the molecule is Cc1ccc(OCc2cccc(F)c2)c(CO)c1. The van der Waals surface area contributed by atoms with Crippen LogP contribution in [0.15, 0.2) is 42.5 Å². The normalized spacial score (nSPS) is 10.4. The molecule has 0 fully saturated rings. The summed E-state index contributed by atoms with van der Waals surface area (Å²) in [7, 11) is 0. The molecule has 0 atom stereocenters. The summed E-state index contributed by atoms with van der Waals surface area (Å²) in [6, 6.07) is 11.9. The lowest BCUT2D eigenvalue weighted by atomic mass is 10.1. The van der Waals surface area contributed by atoms with Crippen LogP contribution in [0.2, 0.25) is 0 Å². The Balaban J connectivity index is 2.10.